The lowest BCUT2D eigenvalue weighted by atomic mass is 9.91. The maximum atomic E-state index is 13.0. The molecule has 1 aromatic carbocycles. The second-order valence-electron chi connectivity index (χ2n) is 7.06. The fourth-order valence-electron chi connectivity index (χ4n) is 3.68. The Bertz CT molecular complexity index is 540. The van der Waals surface area contributed by atoms with Gasteiger partial charge >= 0.3 is 0 Å². The van der Waals surface area contributed by atoms with Crippen molar-refractivity contribution in [2.24, 2.45) is 11.3 Å². The van der Waals surface area contributed by atoms with Crippen molar-refractivity contribution in [3.05, 3.63) is 34.3 Å². The maximum absolute atomic E-state index is 13.0. The van der Waals surface area contributed by atoms with E-state index in [1.165, 1.54) is 5.56 Å². The topological polar surface area (TPSA) is 32.3 Å². The molecule has 1 aliphatic carbocycles. The molecule has 1 saturated heterocycles. The molecule has 0 aromatic heterocycles. The molecule has 2 fully saturated rings. The molecule has 1 N–H and O–H groups in total. The van der Waals surface area contributed by atoms with Gasteiger partial charge in [-0.05, 0) is 69.3 Å². The number of carbonyl (C=O) groups is 1. The van der Waals surface area contributed by atoms with Gasteiger partial charge in [0.05, 0.1) is 0 Å². The van der Waals surface area contributed by atoms with Crippen LogP contribution in [0.25, 0.3) is 0 Å². The Morgan fingerprint density at radius 2 is 1.91 bits per heavy atom. The molecule has 1 heterocycles. The monoisotopic (exact) mass is 400 g/mol. The van der Waals surface area contributed by atoms with Crippen LogP contribution in [0.1, 0.15) is 38.7 Å². The lowest BCUT2D eigenvalue weighted by Crippen LogP contribution is -2.40. The lowest BCUT2D eigenvalue weighted by molar-refractivity contribution is -0.136. The Balaban J connectivity index is 0.00000192. The van der Waals surface area contributed by atoms with E-state index in [2.05, 4.69) is 52.1 Å². The van der Waals surface area contributed by atoms with Crippen LogP contribution in [0, 0.1) is 11.3 Å². The largest absolute Gasteiger partial charge is 0.336 e. The number of nitrogens with zero attached hydrogens (tertiary/aromatic N) is 1. The summed E-state index contributed by atoms with van der Waals surface area (Å²) in [5, 5.41) is 3.41. The van der Waals surface area contributed by atoms with E-state index < -0.39 is 0 Å². The zero-order valence-corrected chi connectivity index (χ0v) is 16.3. The highest BCUT2D eigenvalue weighted by atomic mass is 79.9. The Kier molecular flexibility index (Phi) is 6.15. The van der Waals surface area contributed by atoms with Crippen molar-refractivity contribution in [3.63, 3.8) is 0 Å². The van der Waals surface area contributed by atoms with Gasteiger partial charge in [0.2, 0.25) is 5.91 Å². The number of amides is 1. The molecule has 1 aromatic rings. The van der Waals surface area contributed by atoms with Crippen LogP contribution in [-0.2, 0) is 11.3 Å². The minimum Gasteiger partial charge on any atom is -0.336 e. The predicted octanol–water partition coefficient (Wildman–Crippen LogP) is 4.00. The van der Waals surface area contributed by atoms with Crippen LogP contribution in [-0.4, -0.2) is 29.9 Å². The third-order valence-corrected chi connectivity index (χ3v) is 5.79. The van der Waals surface area contributed by atoms with E-state index in [0.29, 0.717) is 17.9 Å². The van der Waals surface area contributed by atoms with E-state index in [0.717, 1.165) is 36.8 Å². The van der Waals surface area contributed by atoms with Crippen molar-refractivity contribution in [3.8, 4) is 0 Å². The summed E-state index contributed by atoms with van der Waals surface area (Å²) < 4.78 is 1.08. The summed E-state index contributed by atoms with van der Waals surface area (Å²) in [7, 11) is 0. The van der Waals surface area contributed by atoms with Gasteiger partial charge in [0.15, 0.2) is 0 Å². The SMILES string of the molecule is CC(C)N(Cc1ccc(Br)cc1)C(=O)C1CC12CCNCC2.Cl. The summed E-state index contributed by atoms with van der Waals surface area (Å²) in [6, 6.07) is 8.53. The molecule has 1 aliphatic heterocycles. The normalized spacial score (nSPS) is 21.8. The van der Waals surface area contributed by atoms with E-state index in [9.17, 15) is 4.79 Å². The second kappa shape index (κ2) is 7.54. The van der Waals surface area contributed by atoms with E-state index in [4.69, 9.17) is 0 Å². The molecule has 1 saturated carbocycles. The van der Waals surface area contributed by atoms with Crippen LogP contribution >= 0.6 is 28.3 Å². The quantitative estimate of drug-likeness (QED) is 0.827. The van der Waals surface area contributed by atoms with Crippen molar-refractivity contribution in [2.75, 3.05) is 13.1 Å². The number of nitrogens with one attached hydrogen (secondary N) is 1. The summed E-state index contributed by atoms with van der Waals surface area (Å²) in [4.78, 5) is 15.0. The van der Waals surface area contributed by atoms with Crippen LogP contribution in [0.4, 0.5) is 0 Å². The highest BCUT2D eigenvalue weighted by molar-refractivity contribution is 9.10. The summed E-state index contributed by atoms with van der Waals surface area (Å²) in [6.07, 6.45) is 3.42. The van der Waals surface area contributed by atoms with Crippen molar-refractivity contribution in [1.29, 1.82) is 0 Å². The lowest BCUT2D eigenvalue weighted by Gasteiger charge is -2.30. The first-order chi connectivity index (χ1) is 10.5. The first-order valence-electron chi connectivity index (χ1n) is 8.27. The third kappa shape index (κ3) is 4.09. The molecule has 128 valence electrons. The van der Waals surface area contributed by atoms with E-state index in [-0.39, 0.29) is 24.4 Å². The number of hydrogen-bond donors (Lipinski definition) is 1. The fraction of sp³-hybridized carbons (Fsp3) is 0.611. The van der Waals surface area contributed by atoms with Gasteiger partial charge in [0.1, 0.15) is 0 Å². The third-order valence-electron chi connectivity index (χ3n) is 5.26. The molecule has 5 heteroatoms. The minimum atomic E-state index is 0. The number of rotatable bonds is 4. The molecule has 2 aliphatic rings. The number of benzene rings is 1. The van der Waals surface area contributed by atoms with Crippen molar-refractivity contribution in [1.82, 2.24) is 10.2 Å². The average Bonchev–Trinajstić information content (AvgIpc) is 3.19. The van der Waals surface area contributed by atoms with Crippen LogP contribution in [0.2, 0.25) is 0 Å². The molecular weight excluding hydrogens is 376 g/mol. The van der Waals surface area contributed by atoms with Crippen LogP contribution in [0.3, 0.4) is 0 Å². The smallest absolute Gasteiger partial charge is 0.226 e. The van der Waals surface area contributed by atoms with Crippen LogP contribution in [0.5, 0.6) is 0 Å². The van der Waals surface area contributed by atoms with E-state index >= 15 is 0 Å². The van der Waals surface area contributed by atoms with Crippen molar-refractivity contribution >= 4 is 34.2 Å². The predicted molar refractivity (Wildman–Crippen MR) is 99.7 cm³/mol. The molecule has 3 nitrogen and oxygen atoms in total. The fourth-order valence-corrected chi connectivity index (χ4v) is 3.94. The zero-order chi connectivity index (χ0) is 15.7. The van der Waals surface area contributed by atoms with Crippen LogP contribution < -0.4 is 5.32 Å². The standard InChI is InChI=1S/C18H25BrN2O.ClH/c1-13(2)21(12-14-3-5-15(19)6-4-14)17(22)16-11-18(16)7-9-20-10-8-18;/h3-6,13,16,20H,7-12H2,1-2H3;1H. The zero-order valence-electron chi connectivity index (χ0n) is 13.8. The van der Waals surface area contributed by atoms with Gasteiger partial charge < -0.3 is 10.2 Å². The molecule has 1 atom stereocenters. The molecular formula is C18H26BrClN2O. The summed E-state index contributed by atoms with van der Waals surface area (Å²) in [5.74, 6) is 0.618. The van der Waals surface area contributed by atoms with Gasteiger partial charge in [0.25, 0.3) is 0 Å². The maximum Gasteiger partial charge on any atom is 0.226 e. The van der Waals surface area contributed by atoms with Gasteiger partial charge in [-0.1, -0.05) is 28.1 Å². The summed E-state index contributed by atoms with van der Waals surface area (Å²) >= 11 is 3.46. The average molecular weight is 402 g/mol. The van der Waals surface area contributed by atoms with Gasteiger partial charge in [-0.25, -0.2) is 0 Å². The summed E-state index contributed by atoms with van der Waals surface area (Å²) in [5.41, 5.74) is 1.51. The number of carbonyl (C=O) groups excluding carboxylic acids is 1. The molecule has 0 bridgehead atoms. The van der Waals surface area contributed by atoms with Gasteiger partial charge in [-0.2, -0.15) is 0 Å². The van der Waals surface area contributed by atoms with Crippen LogP contribution in [0.15, 0.2) is 28.7 Å². The molecule has 1 amide bonds. The Morgan fingerprint density at radius 3 is 2.48 bits per heavy atom. The molecule has 1 unspecified atom stereocenters. The summed E-state index contributed by atoms with van der Waals surface area (Å²) in [6.45, 7) is 7.09. The minimum absolute atomic E-state index is 0. The Hall–Kier alpha value is -0.580. The first-order valence-corrected chi connectivity index (χ1v) is 9.07. The van der Waals surface area contributed by atoms with Crippen molar-refractivity contribution < 1.29 is 4.79 Å². The number of hydrogen-bond acceptors (Lipinski definition) is 2. The molecule has 1 spiro atoms. The number of halogens is 2. The Morgan fingerprint density at radius 1 is 1.30 bits per heavy atom. The van der Waals surface area contributed by atoms with Gasteiger partial charge in [-0.15, -0.1) is 12.4 Å². The highest BCUT2D eigenvalue weighted by Gasteiger charge is 2.58. The number of piperidine rings is 1. The van der Waals surface area contributed by atoms with E-state index in [1.54, 1.807) is 0 Å². The van der Waals surface area contributed by atoms with Crippen molar-refractivity contribution in [2.45, 2.75) is 45.7 Å². The highest BCUT2D eigenvalue weighted by Crippen LogP contribution is 2.59. The molecule has 0 radical (unpaired) electrons. The van der Waals surface area contributed by atoms with Gasteiger partial charge in [-0.3, -0.25) is 4.79 Å². The first kappa shape index (κ1) is 18.8. The molecule has 3 rings (SSSR count). The second-order valence-corrected chi connectivity index (χ2v) is 7.97. The molecule has 23 heavy (non-hydrogen) atoms. The van der Waals surface area contributed by atoms with Gasteiger partial charge in [0, 0.05) is 23.0 Å². The van der Waals surface area contributed by atoms with E-state index in [1.807, 2.05) is 12.1 Å². The Labute approximate surface area is 153 Å².